The molecule has 0 aliphatic heterocycles. The summed E-state index contributed by atoms with van der Waals surface area (Å²) in [5.41, 5.74) is -0.265. The smallest absolute Gasteiger partial charge is 0.265 e. The van der Waals surface area contributed by atoms with E-state index in [1.165, 1.54) is 12.1 Å². The predicted octanol–water partition coefficient (Wildman–Crippen LogP) is 2.50. The molecule has 0 bridgehead atoms. The van der Waals surface area contributed by atoms with Gasteiger partial charge in [-0.2, -0.15) is 0 Å². The number of sulfonamides is 2. The predicted molar refractivity (Wildman–Crippen MR) is 88.7 cm³/mol. The van der Waals surface area contributed by atoms with E-state index in [1.807, 2.05) is 4.72 Å². The maximum absolute atomic E-state index is 13.3. The Labute approximate surface area is 147 Å². The molecule has 0 heterocycles. The first-order valence-electron chi connectivity index (χ1n) is 6.37. The summed E-state index contributed by atoms with van der Waals surface area (Å²) < 4.78 is 77.6. The van der Waals surface area contributed by atoms with Gasteiger partial charge < -0.3 is 5.11 Å². The van der Waals surface area contributed by atoms with Crippen LogP contribution in [0.3, 0.4) is 0 Å². The van der Waals surface area contributed by atoms with E-state index in [0.29, 0.717) is 12.1 Å². The second kappa shape index (κ2) is 6.65. The Kier molecular flexibility index (Phi) is 5.11. The van der Waals surface area contributed by atoms with Crippen molar-refractivity contribution in [3.63, 3.8) is 0 Å². The van der Waals surface area contributed by atoms with Gasteiger partial charge >= 0.3 is 0 Å². The molecule has 7 nitrogen and oxygen atoms in total. The minimum absolute atomic E-state index is 0.00646. The summed E-state index contributed by atoms with van der Waals surface area (Å²) in [6.07, 6.45) is 0.869. The second-order valence-corrected chi connectivity index (χ2v) is 8.72. The molecule has 0 amide bonds. The standard InChI is InChI=1S/C13H11ClF2N2O5S2/c1-24(20,21)18-11-6-8(2-3-9(11)14)17-25(22,23)12-5-7(15)4-10(16)13(12)19/h2-6,17-19H,1H3. The van der Waals surface area contributed by atoms with E-state index in [2.05, 4.69) is 4.72 Å². The van der Waals surface area contributed by atoms with E-state index < -0.39 is 42.3 Å². The van der Waals surface area contributed by atoms with Crippen molar-refractivity contribution >= 4 is 43.0 Å². The number of nitrogens with one attached hydrogen (secondary N) is 2. The fraction of sp³-hybridized carbons (Fsp3) is 0.0769. The Morgan fingerprint density at radius 3 is 2.28 bits per heavy atom. The van der Waals surface area contributed by atoms with Crippen LogP contribution < -0.4 is 9.44 Å². The fourth-order valence-electron chi connectivity index (χ4n) is 1.82. The monoisotopic (exact) mass is 412 g/mol. The molecular formula is C13H11ClF2N2O5S2. The summed E-state index contributed by atoms with van der Waals surface area (Å²) in [7, 11) is -8.24. The Morgan fingerprint density at radius 2 is 1.68 bits per heavy atom. The molecule has 12 heteroatoms. The third kappa shape index (κ3) is 4.71. The highest BCUT2D eigenvalue weighted by Crippen LogP contribution is 2.31. The van der Waals surface area contributed by atoms with Crippen LogP contribution in [-0.2, 0) is 20.0 Å². The molecule has 0 radical (unpaired) electrons. The lowest BCUT2D eigenvalue weighted by Gasteiger charge is -2.12. The number of halogens is 3. The number of phenols is 1. The second-order valence-electron chi connectivity index (χ2n) is 4.91. The highest BCUT2D eigenvalue weighted by molar-refractivity contribution is 7.93. The first-order chi connectivity index (χ1) is 11.4. The summed E-state index contributed by atoms with van der Waals surface area (Å²) in [6, 6.07) is 4.23. The van der Waals surface area contributed by atoms with Crippen LogP contribution in [-0.4, -0.2) is 28.2 Å². The quantitative estimate of drug-likeness (QED) is 0.698. The summed E-state index contributed by atoms with van der Waals surface area (Å²) in [5.74, 6) is -3.90. The van der Waals surface area contributed by atoms with Crippen LogP contribution in [0.15, 0.2) is 35.2 Å². The summed E-state index contributed by atoms with van der Waals surface area (Å²) in [4.78, 5) is -1.02. The van der Waals surface area contributed by atoms with Gasteiger partial charge in [0.15, 0.2) is 11.6 Å². The minimum Gasteiger partial charge on any atom is -0.504 e. The molecule has 2 rings (SSSR count). The first kappa shape index (κ1) is 19.2. The first-order valence-corrected chi connectivity index (χ1v) is 10.1. The third-order valence-electron chi connectivity index (χ3n) is 2.80. The molecule has 0 unspecified atom stereocenters. The van der Waals surface area contributed by atoms with E-state index in [-0.39, 0.29) is 16.4 Å². The molecule has 25 heavy (non-hydrogen) atoms. The van der Waals surface area contributed by atoms with Crippen molar-refractivity contribution in [2.24, 2.45) is 0 Å². The molecule has 0 fully saturated rings. The van der Waals surface area contributed by atoms with E-state index in [9.17, 15) is 30.7 Å². The zero-order valence-corrected chi connectivity index (χ0v) is 14.8. The van der Waals surface area contributed by atoms with Gasteiger partial charge in [-0.25, -0.2) is 25.6 Å². The fourth-order valence-corrected chi connectivity index (χ4v) is 3.78. The molecule has 0 atom stereocenters. The minimum atomic E-state index is -4.56. The zero-order chi connectivity index (χ0) is 19.0. The van der Waals surface area contributed by atoms with Crippen LogP contribution >= 0.6 is 11.6 Å². The molecule has 0 spiro atoms. The van der Waals surface area contributed by atoms with E-state index in [4.69, 9.17) is 11.6 Å². The van der Waals surface area contributed by atoms with Crippen molar-refractivity contribution in [1.82, 2.24) is 0 Å². The van der Waals surface area contributed by atoms with Gasteiger partial charge in [0.2, 0.25) is 10.0 Å². The molecule has 3 N–H and O–H groups in total. The molecular weight excluding hydrogens is 402 g/mol. The van der Waals surface area contributed by atoms with Crippen LogP contribution in [0.25, 0.3) is 0 Å². The SMILES string of the molecule is CS(=O)(=O)Nc1cc(NS(=O)(=O)c2cc(F)cc(F)c2O)ccc1Cl. The van der Waals surface area contributed by atoms with Crippen LogP contribution in [0.5, 0.6) is 5.75 Å². The largest absolute Gasteiger partial charge is 0.504 e. The number of aromatic hydroxyl groups is 1. The van der Waals surface area contributed by atoms with Crippen molar-refractivity contribution in [2.45, 2.75) is 4.90 Å². The van der Waals surface area contributed by atoms with Crippen molar-refractivity contribution in [2.75, 3.05) is 15.7 Å². The molecule has 2 aromatic rings. The average Bonchev–Trinajstić information content (AvgIpc) is 2.44. The van der Waals surface area contributed by atoms with Crippen LogP contribution in [0.1, 0.15) is 0 Å². The Morgan fingerprint density at radius 1 is 1.04 bits per heavy atom. The molecule has 2 aromatic carbocycles. The Balaban J connectivity index is 2.44. The number of hydrogen-bond acceptors (Lipinski definition) is 5. The van der Waals surface area contributed by atoms with Crippen LogP contribution in [0, 0.1) is 11.6 Å². The lowest BCUT2D eigenvalue weighted by Crippen LogP contribution is -2.15. The number of anilines is 2. The van der Waals surface area contributed by atoms with Gasteiger partial charge in [-0.05, 0) is 24.3 Å². The third-order valence-corrected chi connectivity index (χ3v) is 5.11. The molecule has 0 saturated heterocycles. The summed E-state index contributed by atoms with van der Waals surface area (Å²) in [6.45, 7) is 0. The molecule has 0 aromatic heterocycles. The lowest BCUT2D eigenvalue weighted by atomic mass is 10.3. The number of hydrogen-bond donors (Lipinski definition) is 3. The molecule has 0 aliphatic carbocycles. The summed E-state index contributed by atoms with van der Waals surface area (Å²) >= 11 is 5.81. The molecule has 136 valence electrons. The van der Waals surface area contributed by atoms with Crippen molar-refractivity contribution in [1.29, 1.82) is 0 Å². The highest BCUT2D eigenvalue weighted by Gasteiger charge is 2.23. The van der Waals surface area contributed by atoms with E-state index in [0.717, 1.165) is 12.3 Å². The van der Waals surface area contributed by atoms with Crippen LogP contribution in [0.4, 0.5) is 20.2 Å². The Bertz CT molecular complexity index is 1040. The van der Waals surface area contributed by atoms with Gasteiger partial charge in [-0.3, -0.25) is 9.44 Å². The summed E-state index contributed by atoms with van der Waals surface area (Å²) in [5, 5.41) is 9.51. The van der Waals surface area contributed by atoms with Gasteiger partial charge in [0.25, 0.3) is 10.0 Å². The van der Waals surface area contributed by atoms with Crippen LogP contribution in [0.2, 0.25) is 5.02 Å². The number of phenolic OH excluding ortho intramolecular Hbond substituents is 1. The van der Waals surface area contributed by atoms with Gasteiger partial charge in [0.05, 0.1) is 22.7 Å². The lowest BCUT2D eigenvalue weighted by molar-refractivity contribution is 0.412. The maximum Gasteiger partial charge on any atom is 0.265 e. The van der Waals surface area contributed by atoms with Crippen molar-refractivity contribution < 1.29 is 30.7 Å². The van der Waals surface area contributed by atoms with E-state index in [1.54, 1.807) is 0 Å². The van der Waals surface area contributed by atoms with Gasteiger partial charge in [0, 0.05) is 6.07 Å². The highest BCUT2D eigenvalue weighted by atomic mass is 35.5. The molecule has 0 aliphatic rings. The van der Waals surface area contributed by atoms with Gasteiger partial charge in [0.1, 0.15) is 10.7 Å². The number of benzene rings is 2. The average molecular weight is 413 g/mol. The van der Waals surface area contributed by atoms with Crippen molar-refractivity contribution in [3.05, 3.63) is 47.0 Å². The topological polar surface area (TPSA) is 113 Å². The van der Waals surface area contributed by atoms with E-state index >= 15 is 0 Å². The molecule has 0 saturated carbocycles. The van der Waals surface area contributed by atoms with Gasteiger partial charge in [-0.15, -0.1) is 0 Å². The number of rotatable bonds is 5. The zero-order valence-electron chi connectivity index (χ0n) is 12.4. The Hall–Kier alpha value is -2.11. The normalized spacial score (nSPS) is 12.0. The maximum atomic E-state index is 13.3. The van der Waals surface area contributed by atoms with Gasteiger partial charge in [-0.1, -0.05) is 11.6 Å². The van der Waals surface area contributed by atoms with Crippen molar-refractivity contribution in [3.8, 4) is 5.75 Å².